The minimum Gasteiger partial charge on any atom is -0.455 e. The van der Waals surface area contributed by atoms with Gasteiger partial charge in [0.25, 0.3) is 11.1 Å². The van der Waals surface area contributed by atoms with Crippen LogP contribution in [0.3, 0.4) is 0 Å². The lowest BCUT2D eigenvalue weighted by Crippen LogP contribution is -2.18. The molecule has 0 radical (unpaired) electrons. The van der Waals surface area contributed by atoms with Gasteiger partial charge in [-0.1, -0.05) is 23.7 Å². The molecule has 58 heavy (non-hydrogen) atoms. The summed E-state index contributed by atoms with van der Waals surface area (Å²) in [5.41, 5.74) is 1.42. The number of alkyl halides is 2. The molecule has 0 saturated carbocycles. The Hall–Kier alpha value is -5.66. The Morgan fingerprint density at radius 3 is 1.57 bits per heavy atom. The van der Waals surface area contributed by atoms with Crippen molar-refractivity contribution in [3.05, 3.63) is 116 Å². The monoisotopic (exact) mass is 862 g/mol. The number of ether oxygens (including phenoxy) is 2. The molecule has 6 rings (SSSR count). The molecule has 0 unspecified atom stereocenters. The largest absolute Gasteiger partial charge is 0.455 e. The quantitative estimate of drug-likeness (QED) is 0.115. The third kappa shape index (κ3) is 10.1. The summed E-state index contributed by atoms with van der Waals surface area (Å²) in [4.78, 5) is 33.3. The predicted molar refractivity (Wildman–Crippen MR) is 217 cm³/mol. The lowest BCUT2D eigenvalue weighted by Gasteiger charge is -2.15. The normalized spacial score (nSPS) is 11.6. The number of halogens is 4. The first-order chi connectivity index (χ1) is 27.5. The van der Waals surface area contributed by atoms with Crippen LogP contribution in [-0.4, -0.2) is 60.8 Å². The van der Waals surface area contributed by atoms with Gasteiger partial charge in [0.1, 0.15) is 22.3 Å². The van der Waals surface area contributed by atoms with E-state index in [1.807, 2.05) is 0 Å². The molecule has 14 nitrogen and oxygen atoms in total. The van der Waals surface area contributed by atoms with Crippen molar-refractivity contribution < 1.29 is 39.5 Å². The Balaban J connectivity index is 0.000000221. The maximum atomic E-state index is 14.8. The first kappa shape index (κ1) is 43.5. The van der Waals surface area contributed by atoms with E-state index in [1.165, 1.54) is 46.1 Å². The van der Waals surface area contributed by atoms with Crippen molar-refractivity contribution in [1.82, 2.24) is 19.1 Å². The molecule has 0 aliphatic carbocycles. The summed E-state index contributed by atoms with van der Waals surface area (Å²) in [5.74, 6) is -1.13. The van der Waals surface area contributed by atoms with Gasteiger partial charge in [0, 0.05) is 25.2 Å². The zero-order valence-corrected chi connectivity index (χ0v) is 33.9. The Morgan fingerprint density at radius 1 is 0.655 bits per heavy atom. The van der Waals surface area contributed by atoms with Crippen molar-refractivity contribution in [3.63, 3.8) is 0 Å². The second-order valence-corrected chi connectivity index (χ2v) is 16.9. The number of rotatable bonds is 14. The van der Waals surface area contributed by atoms with Crippen LogP contribution in [0.4, 0.5) is 24.5 Å². The molecule has 0 saturated heterocycles. The SMILES string of the molecule is Cc1c(Oc2cccc(NS(=O)(=O)CCCF)c2Cl)ccc2ncn(C)c(=O)c12.Cc1c(Oc2cccc(NS(=O)(=O)CCCF)c2F)ccc2ncn(C)c(=O)c12. The summed E-state index contributed by atoms with van der Waals surface area (Å²) < 4.78 is 106. The molecule has 20 heteroatoms. The number of aromatic nitrogens is 4. The van der Waals surface area contributed by atoms with Crippen molar-refractivity contribution in [2.75, 3.05) is 34.3 Å². The highest BCUT2D eigenvalue weighted by Crippen LogP contribution is 2.38. The molecule has 0 fully saturated rings. The van der Waals surface area contributed by atoms with Crippen LogP contribution in [0, 0.1) is 19.7 Å². The first-order valence-corrected chi connectivity index (χ1v) is 21.1. The molecule has 0 aliphatic rings. The number of hydrogen-bond acceptors (Lipinski definition) is 10. The summed E-state index contributed by atoms with van der Waals surface area (Å²) >= 11 is 6.32. The highest BCUT2D eigenvalue weighted by Gasteiger charge is 2.19. The third-order valence-electron chi connectivity index (χ3n) is 8.59. The van der Waals surface area contributed by atoms with Crippen LogP contribution in [0.15, 0.2) is 82.9 Å². The third-order valence-corrected chi connectivity index (χ3v) is 11.7. The van der Waals surface area contributed by atoms with Crippen LogP contribution in [-0.2, 0) is 34.1 Å². The van der Waals surface area contributed by atoms with E-state index in [-0.39, 0.29) is 63.4 Å². The Kier molecular flexibility index (Phi) is 13.7. The molecule has 2 heterocycles. The average molecular weight is 863 g/mol. The van der Waals surface area contributed by atoms with E-state index < -0.39 is 45.0 Å². The van der Waals surface area contributed by atoms with E-state index in [0.29, 0.717) is 38.7 Å². The number of fused-ring (bicyclic) bond motifs is 2. The molecule has 0 atom stereocenters. The van der Waals surface area contributed by atoms with Crippen LogP contribution in [0.25, 0.3) is 21.8 Å². The fourth-order valence-electron chi connectivity index (χ4n) is 5.59. The van der Waals surface area contributed by atoms with Crippen molar-refractivity contribution >= 4 is 64.8 Å². The summed E-state index contributed by atoms with van der Waals surface area (Å²) in [7, 11) is -4.46. The molecular weight excluding hydrogens is 825 g/mol. The minimum atomic E-state index is -3.89. The lowest BCUT2D eigenvalue weighted by atomic mass is 10.1. The topological polar surface area (TPSA) is 181 Å². The fraction of sp³-hybridized carbons (Fsp3) is 0.263. The molecule has 0 amide bonds. The van der Waals surface area contributed by atoms with Gasteiger partial charge in [-0.3, -0.25) is 27.8 Å². The van der Waals surface area contributed by atoms with Crippen LogP contribution in [0.2, 0.25) is 5.02 Å². The summed E-state index contributed by atoms with van der Waals surface area (Å²) in [6, 6.07) is 15.1. The number of aryl methyl sites for hydroxylation is 4. The predicted octanol–water partition coefficient (Wildman–Crippen LogP) is 7.06. The number of anilines is 2. The summed E-state index contributed by atoms with van der Waals surface area (Å²) in [6.45, 7) is 1.87. The van der Waals surface area contributed by atoms with Gasteiger partial charge in [-0.25, -0.2) is 31.2 Å². The molecule has 2 N–H and O–H groups in total. The fourth-order valence-corrected chi connectivity index (χ4v) is 8.04. The number of nitrogens with one attached hydrogen (secondary N) is 2. The van der Waals surface area contributed by atoms with Gasteiger partial charge in [0.15, 0.2) is 11.6 Å². The van der Waals surface area contributed by atoms with Crippen LogP contribution in [0.1, 0.15) is 24.0 Å². The van der Waals surface area contributed by atoms with Crippen molar-refractivity contribution in [2.24, 2.45) is 14.1 Å². The lowest BCUT2D eigenvalue weighted by molar-refractivity contribution is 0.441. The second-order valence-electron chi connectivity index (χ2n) is 12.9. The van der Waals surface area contributed by atoms with Crippen LogP contribution < -0.4 is 30.0 Å². The van der Waals surface area contributed by atoms with Crippen LogP contribution >= 0.6 is 11.6 Å². The van der Waals surface area contributed by atoms with E-state index in [9.17, 15) is 39.6 Å². The van der Waals surface area contributed by atoms with E-state index in [1.54, 1.807) is 64.3 Å². The molecule has 0 aliphatic heterocycles. The molecule has 0 bridgehead atoms. The van der Waals surface area contributed by atoms with Gasteiger partial charge in [-0.2, -0.15) is 0 Å². The summed E-state index contributed by atoms with van der Waals surface area (Å²) in [6.07, 6.45) is 2.55. The average Bonchev–Trinajstić information content (AvgIpc) is 3.18. The van der Waals surface area contributed by atoms with Gasteiger partial charge in [-0.05, 0) is 75.2 Å². The second kappa shape index (κ2) is 18.3. The molecule has 6 aromatic rings. The maximum absolute atomic E-state index is 14.8. The highest BCUT2D eigenvalue weighted by molar-refractivity contribution is 7.92. The van der Waals surface area contributed by atoms with Crippen molar-refractivity contribution in [2.45, 2.75) is 26.7 Å². The van der Waals surface area contributed by atoms with E-state index in [4.69, 9.17) is 21.1 Å². The minimum absolute atomic E-state index is 0.0508. The number of nitrogens with zero attached hydrogens (tertiary/aromatic N) is 4. The summed E-state index contributed by atoms with van der Waals surface area (Å²) in [5, 5.41) is 0.817. The number of sulfonamides is 2. The van der Waals surface area contributed by atoms with Crippen molar-refractivity contribution in [1.29, 1.82) is 0 Å². The molecule has 2 aromatic heterocycles. The van der Waals surface area contributed by atoms with Gasteiger partial charge in [0.05, 0.1) is 70.7 Å². The van der Waals surface area contributed by atoms with E-state index in [2.05, 4.69) is 19.4 Å². The Bertz CT molecular complexity index is 2650. The molecular formula is C38H38ClF3N6O8S2. The van der Waals surface area contributed by atoms with Gasteiger partial charge >= 0.3 is 0 Å². The van der Waals surface area contributed by atoms with Crippen molar-refractivity contribution in [3.8, 4) is 23.0 Å². The molecule has 0 spiro atoms. The zero-order chi connectivity index (χ0) is 42.4. The molecule has 4 aromatic carbocycles. The smallest absolute Gasteiger partial charge is 0.261 e. The van der Waals surface area contributed by atoms with Gasteiger partial charge in [0.2, 0.25) is 20.0 Å². The van der Waals surface area contributed by atoms with Gasteiger partial charge < -0.3 is 18.6 Å². The number of hydrogen-bond donors (Lipinski definition) is 2. The Labute approximate surface area is 336 Å². The van der Waals surface area contributed by atoms with Gasteiger partial charge in [-0.15, -0.1) is 0 Å². The highest BCUT2D eigenvalue weighted by atomic mass is 35.5. The van der Waals surface area contributed by atoms with E-state index in [0.717, 1.165) is 0 Å². The number of benzene rings is 4. The molecule has 308 valence electrons. The zero-order valence-electron chi connectivity index (χ0n) is 31.6. The van der Waals surface area contributed by atoms with E-state index >= 15 is 0 Å². The first-order valence-electron chi connectivity index (χ1n) is 17.4. The van der Waals surface area contributed by atoms with Crippen LogP contribution in [0.5, 0.6) is 23.0 Å². The standard InChI is InChI=1S/C19H19ClFN3O4S.C19H19F2N3O4S/c1-12-15(8-7-13-17(12)19(25)24(2)11-22-13)28-16-6-3-5-14(18(16)20)23-29(26,27)10-4-9-21;1-12-15(8-7-13-17(12)19(25)24(2)11-22-13)28-16-6-3-5-14(18(16)21)23-29(26,27)10-4-9-20/h2*3,5-8,11,23H,4,9-10H2,1-2H3. The maximum Gasteiger partial charge on any atom is 0.261 e. The Morgan fingerprint density at radius 2 is 1.09 bits per heavy atom.